The van der Waals surface area contributed by atoms with E-state index >= 15 is 0 Å². The second-order valence-corrected chi connectivity index (χ2v) is 10.8. The van der Waals surface area contributed by atoms with E-state index in [1.165, 1.54) is 0 Å². The zero-order valence-corrected chi connectivity index (χ0v) is 24.6. The van der Waals surface area contributed by atoms with Crippen molar-refractivity contribution in [3.05, 3.63) is 131 Å². The van der Waals surface area contributed by atoms with Crippen LogP contribution >= 0.6 is 0 Å². The van der Waals surface area contributed by atoms with Gasteiger partial charge in [0.05, 0.1) is 47.3 Å². The first kappa shape index (κ1) is 29.4. The van der Waals surface area contributed by atoms with Gasteiger partial charge in [-0.3, -0.25) is 0 Å². The Labute approximate surface area is 253 Å². The zero-order chi connectivity index (χ0) is 29.4. The van der Waals surface area contributed by atoms with Gasteiger partial charge in [0.15, 0.2) is 0 Å². The third-order valence-corrected chi connectivity index (χ3v) is 7.97. The molecule has 1 saturated heterocycles. The quantitative estimate of drug-likeness (QED) is 0.191. The van der Waals surface area contributed by atoms with Gasteiger partial charge in [-0.05, 0) is 28.3 Å². The van der Waals surface area contributed by atoms with E-state index in [0.29, 0.717) is 44.5 Å². The van der Waals surface area contributed by atoms with E-state index in [0.717, 1.165) is 27.8 Å². The van der Waals surface area contributed by atoms with Crippen LogP contribution in [0.5, 0.6) is 11.5 Å². The Morgan fingerprint density at radius 3 is 1.84 bits per heavy atom. The largest absolute Gasteiger partial charge is 0.497 e. The molecule has 7 nitrogen and oxygen atoms in total. The average molecular weight is 583 g/mol. The summed E-state index contributed by atoms with van der Waals surface area (Å²) in [6, 6.07) is 34.3. The Bertz CT molecular complexity index is 1410. The van der Waals surface area contributed by atoms with Crippen LogP contribution in [0.4, 0.5) is 0 Å². The summed E-state index contributed by atoms with van der Waals surface area (Å²) in [5, 5.41) is 0. The number of hydrogen-bond acceptors (Lipinski definition) is 7. The number of benzene rings is 4. The van der Waals surface area contributed by atoms with Gasteiger partial charge in [-0.25, -0.2) is 0 Å². The molecular formula is C36H38O7. The van der Waals surface area contributed by atoms with Gasteiger partial charge < -0.3 is 33.2 Å². The van der Waals surface area contributed by atoms with Gasteiger partial charge in [0.25, 0.3) is 0 Å². The molecule has 0 saturated carbocycles. The second-order valence-electron chi connectivity index (χ2n) is 10.8. The minimum atomic E-state index is -0.452. The van der Waals surface area contributed by atoms with Gasteiger partial charge in [-0.2, -0.15) is 0 Å². The Balaban J connectivity index is 1.33. The standard InChI is InChI=1S/C36H38O7/c1-37-29-18-28-23-42-36-34(32(28)30(19-29)38-2)43-31(24-39-20-25-12-6-3-7-13-25)33(40-21-26-14-8-4-9-15-26)35(36)41-22-27-16-10-5-11-17-27/h3-19,31,33-36H,20-24H2,1-2H3/t31-,33-,34-,35+,36-/m1/s1. The fourth-order valence-electron chi connectivity index (χ4n) is 5.83. The summed E-state index contributed by atoms with van der Waals surface area (Å²) >= 11 is 0. The van der Waals surface area contributed by atoms with Gasteiger partial charge in [-0.1, -0.05) is 91.0 Å². The topological polar surface area (TPSA) is 64.6 Å². The summed E-state index contributed by atoms with van der Waals surface area (Å²) in [4.78, 5) is 0. The lowest BCUT2D eigenvalue weighted by Gasteiger charge is -2.48. The average Bonchev–Trinajstić information content (AvgIpc) is 3.07. The van der Waals surface area contributed by atoms with E-state index in [2.05, 4.69) is 36.4 Å². The number of rotatable bonds is 12. The van der Waals surface area contributed by atoms with Gasteiger partial charge in [-0.15, -0.1) is 0 Å². The molecule has 2 aliphatic heterocycles. The van der Waals surface area contributed by atoms with Crippen molar-refractivity contribution in [2.24, 2.45) is 0 Å². The van der Waals surface area contributed by atoms with Crippen LogP contribution < -0.4 is 9.47 Å². The smallest absolute Gasteiger partial charge is 0.128 e. The fourth-order valence-corrected chi connectivity index (χ4v) is 5.83. The molecule has 6 rings (SSSR count). The lowest BCUT2D eigenvalue weighted by molar-refractivity contribution is -0.280. The first-order valence-electron chi connectivity index (χ1n) is 14.7. The highest BCUT2D eigenvalue weighted by Crippen LogP contribution is 2.47. The van der Waals surface area contributed by atoms with E-state index in [-0.39, 0.29) is 0 Å². The van der Waals surface area contributed by atoms with Crippen molar-refractivity contribution in [1.82, 2.24) is 0 Å². The molecule has 0 spiro atoms. The molecule has 43 heavy (non-hydrogen) atoms. The van der Waals surface area contributed by atoms with E-state index in [9.17, 15) is 0 Å². The lowest BCUT2D eigenvalue weighted by Crippen LogP contribution is -2.59. The molecule has 4 aromatic carbocycles. The molecule has 5 atom stereocenters. The van der Waals surface area contributed by atoms with Gasteiger partial charge in [0.2, 0.25) is 0 Å². The van der Waals surface area contributed by atoms with Crippen LogP contribution in [0.1, 0.15) is 33.9 Å². The molecule has 4 aromatic rings. The van der Waals surface area contributed by atoms with E-state index in [1.807, 2.05) is 66.7 Å². The van der Waals surface area contributed by atoms with Gasteiger partial charge in [0.1, 0.15) is 42.0 Å². The van der Waals surface area contributed by atoms with Crippen LogP contribution in [0.15, 0.2) is 103 Å². The minimum Gasteiger partial charge on any atom is -0.497 e. The molecule has 224 valence electrons. The van der Waals surface area contributed by atoms with Crippen LogP contribution in [0.2, 0.25) is 0 Å². The molecule has 0 aromatic heterocycles. The highest BCUT2D eigenvalue weighted by Gasteiger charge is 2.51. The van der Waals surface area contributed by atoms with E-state index in [4.69, 9.17) is 33.2 Å². The molecule has 0 aliphatic carbocycles. The SMILES string of the molecule is COc1cc2c(c(OC)c1)[C@H]1O[C@H](COCc3ccccc3)[C@@H](OCc3ccccc3)[C@H](OCc3ccccc3)[C@@H]1OC2. The van der Waals surface area contributed by atoms with Crippen molar-refractivity contribution in [2.45, 2.75) is 56.9 Å². The van der Waals surface area contributed by atoms with Crippen LogP contribution in [0.25, 0.3) is 0 Å². The summed E-state index contributed by atoms with van der Waals surface area (Å²) in [6.07, 6.45) is -2.20. The normalized spacial score (nSPS) is 22.8. The third-order valence-electron chi connectivity index (χ3n) is 7.97. The summed E-state index contributed by atoms with van der Waals surface area (Å²) in [5.74, 6) is 1.40. The summed E-state index contributed by atoms with van der Waals surface area (Å²) < 4.78 is 44.4. The maximum atomic E-state index is 6.88. The number of fused-ring (bicyclic) bond motifs is 3. The van der Waals surface area contributed by atoms with Gasteiger partial charge >= 0.3 is 0 Å². The van der Waals surface area contributed by atoms with Crippen molar-refractivity contribution in [3.63, 3.8) is 0 Å². The van der Waals surface area contributed by atoms with Crippen molar-refractivity contribution in [1.29, 1.82) is 0 Å². The van der Waals surface area contributed by atoms with Crippen molar-refractivity contribution in [2.75, 3.05) is 20.8 Å². The molecular weight excluding hydrogens is 544 g/mol. The summed E-state index contributed by atoms with van der Waals surface area (Å²) in [5.41, 5.74) is 5.14. The zero-order valence-electron chi connectivity index (χ0n) is 24.6. The predicted molar refractivity (Wildman–Crippen MR) is 162 cm³/mol. The first-order chi connectivity index (χ1) is 21.2. The monoisotopic (exact) mass is 582 g/mol. The third kappa shape index (κ3) is 6.93. The highest BCUT2D eigenvalue weighted by atomic mass is 16.6. The van der Waals surface area contributed by atoms with Crippen molar-refractivity contribution in [3.8, 4) is 11.5 Å². The Morgan fingerprint density at radius 1 is 0.674 bits per heavy atom. The van der Waals surface area contributed by atoms with Crippen LogP contribution in [-0.2, 0) is 50.1 Å². The maximum Gasteiger partial charge on any atom is 0.128 e. The molecule has 2 heterocycles. The Morgan fingerprint density at radius 2 is 1.26 bits per heavy atom. The molecule has 0 N–H and O–H groups in total. The number of hydrogen-bond donors (Lipinski definition) is 0. The summed E-state index contributed by atoms with van der Waals surface area (Å²) in [6.45, 7) is 1.97. The molecule has 2 aliphatic rings. The van der Waals surface area contributed by atoms with E-state index in [1.54, 1.807) is 14.2 Å². The number of ether oxygens (including phenoxy) is 7. The first-order valence-corrected chi connectivity index (χ1v) is 14.7. The molecule has 0 radical (unpaired) electrons. The summed E-state index contributed by atoms with van der Waals surface area (Å²) in [7, 11) is 3.31. The highest BCUT2D eigenvalue weighted by molar-refractivity contribution is 5.49. The molecule has 1 fully saturated rings. The van der Waals surface area contributed by atoms with Crippen molar-refractivity contribution >= 4 is 0 Å². The van der Waals surface area contributed by atoms with Crippen LogP contribution in [0, 0.1) is 0 Å². The molecule has 0 bridgehead atoms. The molecule has 7 heteroatoms. The lowest BCUT2D eigenvalue weighted by atomic mass is 9.86. The fraction of sp³-hybridized carbons (Fsp3) is 0.333. The van der Waals surface area contributed by atoms with Crippen LogP contribution in [0.3, 0.4) is 0 Å². The van der Waals surface area contributed by atoms with E-state index < -0.39 is 30.5 Å². The number of methoxy groups -OCH3 is 2. The van der Waals surface area contributed by atoms with Gasteiger partial charge in [0, 0.05) is 11.6 Å². The molecule has 0 amide bonds. The van der Waals surface area contributed by atoms with Crippen molar-refractivity contribution < 1.29 is 33.2 Å². The maximum absolute atomic E-state index is 6.88. The molecule has 0 unspecified atom stereocenters. The Hall–Kier alpha value is -3.72. The predicted octanol–water partition coefficient (Wildman–Crippen LogP) is 6.43. The second kappa shape index (κ2) is 14.2. The van der Waals surface area contributed by atoms with Crippen LogP contribution in [-0.4, -0.2) is 45.2 Å². The minimum absolute atomic E-state index is 0.316. The Kier molecular flexibility index (Phi) is 9.67.